The number of carbonyl (C=O) groups excluding carboxylic acids is 3. The van der Waals surface area contributed by atoms with E-state index in [4.69, 9.17) is 4.74 Å². The third-order valence-corrected chi connectivity index (χ3v) is 5.45. The van der Waals surface area contributed by atoms with Crippen molar-refractivity contribution in [2.75, 3.05) is 19.6 Å². The van der Waals surface area contributed by atoms with E-state index in [1.807, 2.05) is 0 Å². The minimum Gasteiger partial charge on any atom is -0.478 e. The predicted molar refractivity (Wildman–Crippen MR) is 121 cm³/mol. The van der Waals surface area contributed by atoms with Crippen LogP contribution in [0, 0.1) is 0 Å². The van der Waals surface area contributed by atoms with Gasteiger partial charge in [0.05, 0.1) is 17.8 Å². The average molecular weight is 517 g/mol. The number of ether oxygens (including phenoxy) is 1. The lowest BCUT2D eigenvalue weighted by atomic mass is 10.0. The summed E-state index contributed by atoms with van der Waals surface area (Å²) in [6.45, 7) is 5.82. The second kappa shape index (κ2) is 11.6. The average Bonchev–Trinajstić information content (AvgIpc) is 2.76. The zero-order valence-corrected chi connectivity index (χ0v) is 20.6. The molecule has 1 aliphatic rings. The lowest BCUT2D eigenvalue weighted by Gasteiger charge is -2.34. The number of piperidine rings is 1. The van der Waals surface area contributed by atoms with E-state index in [2.05, 4.69) is 10.3 Å². The van der Waals surface area contributed by atoms with Gasteiger partial charge in [0.2, 0.25) is 5.91 Å². The van der Waals surface area contributed by atoms with E-state index in [9.17, 15) is 37.5 Å². The second-order valence-electron chi connectivity index (χ2n) is 9.41. The van der Waals surface area contributed by atoms with Gasteiger partial charge in [0, 0.05) is 25.3 Å². The fourth-order valence-electron chi connectivity index (χ4n) is 3.81. The Labute approximate surface area is 206 Å². The highest BCUT2D eigenvalue weighted by molar-refractivity contribution is 5.90. The Balaban J connectivity index is 2.08. The van der Waals surface area contributed by atoms with Crippen LogP contribution >= 0.6 is 0 Å². The van der Waals surface area contributed by atoms with E-state index in [1.54, 1.807) is 27.7 Å². The number of nitrogens with zero attached hydrogens (tertiary/aromatic N) is 3. The molecule has 2 N–H and O–H groups in total. The molecule has 2 rings (SSSR count). The molecule has 1 aromatic rings. The first kappa shape index (κ1) is 28.9. The highest BCUT2D eigenvalue weighted by Crippen LogP contribution is 2.22. The molecule has 0 aromatic carbocycles. The summed E-state index contributed by atoms with van der Waals surface area (Å²) in [6.07, 6.45) is -3.72. The number of hydrogen-bond donors (Lipinski definition) is 2. The molecule has 1 fully saturated rings. The van der Waals surface area contributed by atoms with Crippen LogP contribution in [0.25, 0.3) is 0 Å². The van der Waals surface area contributed by atoms with Crippen molar-refractivity contribution in [1.82, 2.24) is 20.1 Å². The van der Waals surface area contributed by atoms with Crippen molar-refractivity contribution >= 4 is 23.9 Å². The van der Waals surface area contributed by atoms with Gasteiger partial charge in [0.15, 0.2) is 0 Å². The van der Waals surface area contributed by atoms with Crippen LogP contribution in [0.1, 0.15) is 62.2 Å². The quantitative estimate of drug-likeness (QED) is 0.570. The number of halogens is 3. The first-order valence-corrected chi connectivity index (χ1v) is 11.5. The van der Waals surface area contributed by atoms with Gasteiger partial charge in [0.1, 0.15) is 12.1 Å². The number of nitrogens with one attached hydrogen (secondary N) is 1. The van der Waals surface area contributed by atoms with Gasteiger partial charge in [-0.3, -0.25) is 14.6 Å². The first-order chi connectivity index (χ1) is 16.6. The van der Waals surface area contributed by atoms with Gasteiger partial charge in [-0.05, 0) is 51.7 Å². The fraction of sp³-hybridized carbons (Fsp3) is 0.609. The van der Waals surface area contributed by atoms with Crippen LogP contribution in [0.15, 0.2) is 12.3 Å². The molecule has 0 radical (unpaired) electrons. The molecular formula is C23H31F3N4O6. The van der Waals surface area contributed by atoms with Gasteiger partial charge in [-0.15, -0.1) is 0 Å². The maximum absolute atomic E-state index is 13.3. The summed E-state index contributed by atoms with van der Waals surface area (Å²) in [5, 5.41) is 12.0. The van der Waals surface area contributed by atoms with Crippen LogP contribution in [0.4, 0.5) is 18.0 Å². The van der Waals surface area contributed by atoms with Crippen molar-refractivity contribution in [3.05, 3.63) is 29.1 Å². The number of rotatable bonds is 7. The first-order valence-electron chi connectivity index (χ1n) is 11.5. The lowest BCUT2D eigenvalue weighted by Crippen LogP contribution is -2.51. The Hall–Kier alpha value is -3.38. The number of aromatic nitrogens is 1. The number of carboxylic acids is 1. The van der Waals surface area contributed by atoms with Crippen LogP contribution in [0.2, 0.25) is 0 Å². The van der Waals surface area contributed by atoms with E-state index in [0.717, 1.165) is 6.20 Å². The number of hydrogen-bond acceptors (Lipinski definition) is 6. The second-order valence-corrected chi connectivity index (χ2v) is 9.41. The SMILES string of the molecule is CCc1c(C(=O)O)ccnc1CN(CC(=O)NC1CCN(C(=O)OC(C)(C)C)CC1)C(=O)C(F)(F)F. The van der Waals surface area contributed by atoms with Crippen molar-refractivity contribution in [3.63, 3.8) is 0 Å². The molecule has 3 amide bonds. The summed E-state index contributed by atoms with van der Waals surface area (Å²) in [5.74, 6) is -4.32. The topological polar surface area (TPSA) is 129 Å². The highest BCUT2D eigenvalue weighted by Gasteiger charge is 2.43. The summed E-state index contributed by atoms with van der Waals surface area (Å²) in [4.78, 5) is 54.0. The van der Waals surface area contributed by atoms with Gasteiger partial charge in [-0.1, -0.05) is 6.92 Å². The van der Waals surface area contributed by atoms with Crippen LogP contribution in [-0.2, 0) is 27.3 Å². The number of pyridine rings is 1. The normalized spacial score (nSPS) is 14.8. The van der Waals surface area contributed by atoms with E-state index in [1.165, 1.54) is 11.0 Å². The van der Waals surface area contributed by atoms with E-state index < -0.39 is 54.8 Å². The molecule has 13 heteroatoms. The summed E-state index contributed by atoms with van der Waals surface area (Å²) >= 11 is 0. The molecule has 1 aliphatic heterocycles. The number of likely N-dealkylation sites (tertiary alicyclic amines) is 1. The molecule has 0 unspecified atom stereocenters. The largest absolute Gasteiger partial charge is 0.478 e. The zero-order valence-electron chi connectivity index (χ0n) is 20.6. The van der Waals surface area contributed by atoms with E-state index in [0.29, 0.717) is 17.7 Å². The minimum atomic E-state index is -5.24. The molecule has 10 nitrogen and oxygen atoms in total. The molecule has 0 bridgehead atoms. The maximum Gasteiger partial charge on any atom is 0.471 e. The molecule has 0 aliphatic carbocycles. The van der Waals surface area contributed by atoms with Gasteiger partial charge in [-0.25, -0.2) is 9.59 Å². The maximum atomic E-state index is 13.3. The molecule has 0 atom stereocenters. The van der Waals surface area contributed by atoms with Gasteiger partial charge in [-0.2, -0.15) is 13.2 Å². The number of alkyl halides is 3. The van der Waals surface area contributed by atoms with Gasteiger partial charge >= 0.3 is 24.1 Å². The third-order valence-electron chi connectivity index (χ3n) is 5.45. The molecule has 200 valence electrons. The minimum absolute atomic E-state index is 0.0338. The summed E-state index contributed by atoms with van der Waals surface area (Å²) in [5.41, 5.74) is -0.649. The predicted octanol–water partition coefficient (Wildman–Crippen LogP) is 2.75. The third kappa shape index (κ3) is 8.09. The monoisotopic (exact) mass is 516 g/mol. The molecule has 1 aromatic heterocycles. The Morgan fingerprint density at radius 1 is 1.19 bits per heavy atom. The van der Waals surface area contributed by atoms with Gasteiger partial charge < -0.3 is 25.0 Å². The van der Waals surface area contributed by atoms with Gasteiger partial charge in [0.25, 0.3) is 0 Å². The Kier molecular flexibility index (Phi) is 9.27. The van der Waals surface area contributed by atoms with E-state index in [-0.39, 0.29) is 36.3 Å². The molecule has 1 saturated heterocycles. The van der Waals surface area contributed by atoms with Crippen LogP contribution in [-0.4, -0.2) is 81.2 Å². The Bertz CT molecular complexity index is 985. The molecule has 0 saturated carbocycles. The van der Waals surface area contributed by atoms with E-state index >= 15 is 0 Å². The molecular weight excluding hydrogens is 485 g/mol. The van der Waals surface area contributed by atoms with Crippen molar-refractivity contribution in [1.29, 1.82) is 0 Å². The van der Waals surface area contributed by atoms with Crippen LogP contribution < -0.4 is 5.32 Å². The fourth-order valence-corrected chi connectivity index (χ4v) is 3.81. The van der Waals surface area contributed by atoms with Crippen LogP contribution in [0.5, 0.6) is 0 Å². The molecule has 36 heavy (non-hydrogen) atoms. The number of carbonyl (C=O) groups is 4. The zero-order chi connectivity index (χ0) is 27.3. The van der Waals surface area contributed by atoms with Crippen molar-refractivity contribution in [3.8, 4) is 0 Å². The number of aromatic carboxylic acids is 1. The smallest absolute Gasteiger partial charge is 0.471 e. The number of carboxylic acid groups (broad SMARTS) is 1. The standard InChI is InChI=1S/C23H31F3N4O6/c1-5-15-16(19(32)33)6-9-27-17(15)12-30(20(34)23(24,25)26)13-18(31)28-14-7-10-29(11-8-14)21(35)36-22(2,3)4/h6,9,14H,5,7-8,10-13H2,1-4H3,(H,28,31)(H,32,33). The van der Waals surface area contributed by atoms with Crippen molar-refractivity contribution in [2.45, 2.75) is 71.3 Å². The summed E-state index contributed by atoms with van der Waals surface area (Å²) in [7, 11) is 0. The molecule has 0 spiro atoms. The Morgan fingerprint density at radius 3 is 2.31 bits per heavy atom. The molecule has 2 heterocycles. The summed E-state index contributed by atoms with van der Waals surface area (Å²) < 4.78 is 45.1. The number of amides is 3. The van der Waals surface area contributed by atoms with Crippen LogP contribution in [0.3, 0.4) is 0 Å². The van der Waals surface area contributed by atoms with Crippen molar-refractivity contribution < 1.29 is 42.2 Å². The lowest BCUT2D eigenvalue weighted by molar-refractivity contribution is -0.186. The summed E-state index contributed by atoms with van der Waals surface area (Å²) in [6, 6.07) is 0.815. The highest BCUT2D eigenvalue weighted by atomic mass is 19.4. The Morgan fingerprint density at radius 2 is 1.81 bits per heavy atom. The van der Waals surface area contributed by atoms with Crippen molar-refractivity contribution in [2.24, 2.45) is 0 Å².